The minimum Gasteiger partial charge on any atom is -0.481 e. The van der Waals surface area contributed by atoms with E-state index in [2.05, 4.69) is 26.2 Å². The number of pyridine rings is 1. The van der Waals surface area contributed by atoms with Gasteiger partial charge in [-0.15, -0.1) is 0 Å². The van der Waals surface area contributed by atoms with E-state index in [0.29, 0.717) is 5.75 Å². The molecular formula is C16H17BrN2O2. The van der Waals surface area contributed by atoms with Gasteiger partial charge in [-0.1, -0.05) is 28.1 Å². The average molecular weight is 349 g/mol. The number of hydrogen-bond donors (Lipinski definition) is 1. The van der Waals surface area contributed by atoms with Crippen LogP contribution in [0, 0.1) is 0 Å². The van der Waals surface area contributed by atoms with E-state index in [9.17, 15) is 4.79 Å². The van der Waals surface area contributed by atoms with E-state index >= 15 is 0 Å². The summed E-state index contributed by atoms with van der Waals surface area (Å²) in [7, 11) is 0. The number of aromatic nitrogens is 1. The lowest BCUT2D eigenvalue weighted by molar-refractivity contribution is -0.127. The second kappa shape index (κ2) is 7.22. The smallest absolute Gasteiger partial charge is 0.261 e. The molecule has 110 valence electrons. The van der Waals surface area contributed by atoms with Gasteiger partial charge in [-0.25, -0.2) is 0 Å². The molecule has 0 fully saturated rings. The quantitative estimate of drug-likeness (QED) is 0.899. The molecule has 1 aromatic heterocycles. The van der Waals surface area contributed by atoms with Gasteiger partial charge in [0.2, 0.25) is 0 Å². The second-order valence-corrected chi connectivity index (χ2v) is 5.65. The van der Waals surface area contributed by atoms with Crippen LogP contribution in [0.15, 0.2) is 53.3 Å². The van der Waals surface area contributed by atoms with Gasteiger partial charge >= 0.3 is 0 Å². The normalized spacial score (nSPS) is 13.3. The number of rotatable bonds is 5. The number of amides is 1. The molecule has 2 aromatic rings. The number of nitrogens with zero attached hydrogens (tertiary/aromatic N) is 1. The molecule has 0 aliphatic carbocycles. The van der Waals surface area contributed by atoms with Crippen LogP contribution in [0.4, 0.5) is 0 Å². The zero-order valence-electron chi connectivity index (χ0n) is 11.9. The molecule has 2 atom stereocenters. The molecular weight excluding hydrogens is 332 g/mol. The number of carbonyl (C=O) groups excluding carboxylic acids is 1. The van der Waals surface area contributed by atoms with E-state index in [4.69, 9.17) is 4.74 Å². The molecule has 1 amide bonds. The molecule has 1 aromatic carbocycles. The van der Waals surface area contributed by atoms with Crippen molar-refractivity contribution >= 4 is 21.8 Å². The Morgan fingerprint density at radius 1 is 1.29 bits per heavy atom. The highest BCUT2D eigenvalue weighted by Gasteiger charge is 2.17. The zero-order chi connectivity index (χ0) is 15.2. The van der Waals surface area contributed by atoms with Crippen molar-refractivity contribution < 1.29 is 9.53 Å². The Balaban J connectivity index is 1.94. The van der Waals surface area contributed by atoms with E-state index in [1.165, 1.54) is 0 Å². The van der Waals surface area contributed by atoms with Gasteiger partial charge in [0.15, 0.2) is 6.10 Å². The lowest BCUT2D eigenvalue weighted by atomic mass is 10.1. The van der Waals surface area contributed by atoms with Gasteiger partial charge in [0.05, 0.1) is 6.04 Å². The van der Waals surface area contributed by atoms with Crippen molar-refractivity contribution in [2.45, 2.75) is 26.0 Å². The summed E-state index contributed by atoms with van der Waals surface area (Å²) in [5.41, 5.74) is 0.959. The molecule has 0 radical (unpaired) electrons. The van der Waals surface area contributed by atoms with Gasteiger partial charge in [0.25, 0.3) is 5.91 Å². The van der Waals surface area contributed by atoms with Crippen LogP contribution in [0.5, 0.6) is 5.75 Å². The second-order valence-electron chi connectivity index (χ2n) is 4.73. The summed E-state index contributed by atoms with van der Waals surface area (Å²) in [5.74, 6) is 0.493. The van der Waals surface area contributed by atoms with E-state index in [1.807, 2.05) is 43.3 Å². The van der Waals surface area contributed by atoms with Gasteiger partial charge < -0.3 is 10.1 Å². The SMILES string of the molecule is CC(Oc1cccc(Br)c1)C(=O)NC(C)c1cccnc1. The number of halogens is 1. The van der Waals surface area contributed by atoms with Gasteiger partial charge in [-0.3, -0.25) is 9.78 Å². The number of nitrogens with one attached hydrogen (secondary N) is 1. The fourth-order valence-corrected chi connectivity index (χ4v) is 2.22. The van der Waals surface area contributed by atoms with Crippen molar-refractivity contribution in [1.82, 2.24) is 10.3 Å². The van der Waals surface area contributed by atoms with Crippen LogP contribution in [0.25, 0.3) is 0 Å². The topological polar surface area (TPSA) is 51.2 Å². The molecule has 2 rings (SSSR count). The lowest BCUT2D eigenvalue weighted by Crippen LogP contribution is -2.37. The van der Waals surface area contributed by atoms with Crippen molar-refractivity contribution in [3.8, 4) is 5.75 Å². The maximum atomic E-state index is 12.1. The summed E-state index contributed by atoms with van der Waals surface area (Å²) in [6.07, 6.45) is 2.88. The lowest BCUT2D eigenvalue weighted by Gasteiger charge is -2.18. The molecule has 0 bridgehead atoms. The highest BCUT2D eigenvalue weighted by atomic mass is 79.9. The Kier molecular flexibility index (Phi) is 5.33. The molecule has 21 heavy (non-hydrogen) atoms. The molecule has 1 N–H and O–H groups in total. The first-order valence-electron chi connectivity index (χ1n) is 6.69. The number of ether oxygens (including phenoxy) is 1. The molecule has 0 aliphatic rings. The molecule has 0 aliphatic heterocycles. The predicted molar refractivity (Wildman–Crippen MR) is 85.0 cm³/mol. The van der Waals surface area contributed by atoms with Crippen LogP contribution >= 0.6 is 15.9 Å². The predicted octanol–water partition coefficient (Wildman–Crippen LogP) is 3.49. The van der Waals surface area contributed by atoms with Crippen molar-refractivity contribution in [1.29, 1.82) is 0 Å². The summed E-state index contributed by atoms with van der Waals surface area (Å²) < 4.78 is 6.55. The first-order chi connectivity index (χ1) is 10.1. The van der Waals surface area contributed by atoms with Crippen LogP contribution in [0.3, 0.4) is 0 Å². The Morgan fingerprint density at radius 3 is 2.76 bits per heavy atom. The van der Waals surface area contributed by atoms with Gasteiger partial charge in [-0.05, 0) is 43.7 Å². The molecule has 1 heterocycles. The van der Waals surface area contributed by atoms with Crippen LogP contribution in [0.2, 0.25) is 0 Å². The fraction of sp³-hybridized carbons (Fsp3) is 0.250. The van der Waals surface area contributed by atoms with Crippen LogP contribution in [-0.4, -0.2) is 17.0 Å². The summed E-state index contributed by atoms with van der Waals surface area (Å²) >= 11 is 3.37. The summed E-state index contributed by atoms with van der Waals surface area (Å²) in [5, 5.41) is 2.92. The highest BCUT2D eigenvalue weighted by molar-refractivity contribution is 9.10. The number of carbonyl (C=O) groups is 1. The largest absolute Gasteiger partial charge is 0.481 e. The first kappa shape index (κ1) is 15.5. The summed E-state index contributed by atoms with van der Waals surface area (Å²) in [6.45, 7) is 3.65. The Morgan fingerprint density at radius 2 is 2.10 bits per heavy atom. The van der Waals surface area contributed by atoms with Crippen LogP contribution in [0.1, 0.15) is 25.5 Å². The summed E-state index contributed by atoms with van der Waals surface area (Å²) in [4.78, 5) is 16.2. The average Bonchev–Trinajstić information content (AvgIpc) is 2.48. The van der Waals surface area contributed by atoms with Crippen molar-refractivity contribution in [3.63, 3.8) is 0 Å². The maximum Gasteiger partial charge on any atom is 0.261 e. The van der Waals surface area contributed by atoms with Crippen LogP contribution < -0.4 is 10.1 Å². The number of hydrogen-bond acceptors (Lipinski definition) is 3. The standard InChI is InChI=1S/C16H17BrN2O2/c1-11(13-5-4-8-18-10-13)19-16(20)12(2)21-15-7-3-6-14(17)9-15/h3-12H,1-2H3,(H,19,20). The van der Waals surface area contributed by atoms with Gasteiger partial charge in [-0.2, -0.15) is 0 Å². The van der Waals surface area contributed by atoms with Crippen molar-refractivity contribution in [2.24, 2.45) is 0 Å². The summed E-state index contributed by atoms with van der Waals surface area (Å²) in [6, 6.07) is 11.1. The van der Waals surface area contributed by atoms with Crippen molar-refractivity contribution in [2.75, 3.05) is 0 Å². The van der Waals surface area contributed by atoms with E-state index in [0.717, 1.165) is 10.0 Å². The minimum atomic E-state index is -0.571. The van der Waals surface area contributed by atoms with Gasteiger partial charge in [0.1, 0.15) is 5.75 Å². The Labute approximate surface area is 132 Å². The molecule has 0 saturated heterocycles. The Hall–Kier alpha value is -1.88. The van der Waals surface area contributed by atoms with E-state index in [-0.39, 0.29) is 11.9 Å². The molecule has 2 unspecified atom stereocenters. The molecule has 4 nitrogen and oxygen atoms in total. The molecule has 0 saturated carbocycles. The van der Waals surface area contributed by atoms with Crippen molar-refractivity contribution in [3.05, 3.63) is 58.8 Å². The first-order valence-corrected chi connectivity index (χ1v) is 7.48. The highest BCUT2D eigenvalue weighted by Crippen LogP contribution is 2.19. The third-order valence-electron chi connectivity index (χ3n) is 3.02. The Bertz CT molecular complexity index is 604. The van der Waals surface area contributed by atoms with Crippen LogP contribution in [-0.2, 0) is 4.79 Å². The third kappa shape index (κ3) is 4.56. The van der Waals surface area contributed by atoms with Gasteiger partial charge in [0, 0.05) is 16.9 Å². The maximum absolute atomic E-state index is 12.1. The van der Waals surface area contributed by atoms with E-state index in [1.54, 1.807) is 19.3 Å². The fourth-order valence-electron chi connectivity index (χ4n) is 1.84. The van der Waals surface area contributed by atoms with E-state index < -0.39 is 6.10 Å². The zero-order valence-corrected chi connectivity index (χ0v) is 13.5. The molecule has 5 heteroatoms. The number of benzene rings is 1. The minimum absolute atomic E-state index is 0.111. The monoisotopic (exact) mass is 348 g/mol. The molecule has 0 spiro atoms. The third-order valence-corrected chi connectivity index (χ3v) is 3.51.